The Labute approximate surface area is 185 Å². The predicted octanol–water partition coefficient (Wildman–Crippen LogP) is 6.46. The third-order valence-electron chi connectivity index (χ3n) is 6.36. The van der Waals surface area contributed by atoms with E-state index in [9.17, 15) is 18.3 Å². The topological polar surface area (TPSA) is 58.0 Å². The van der Waals surface area contributed by atoms with E-state index < -0.39 is 11.7 Å². The number of aliphatic hydroxyl groups excluding tert-OH is 1. The van der Waals surface area contributed by atoms with Crippen molar-refractivity contribution in [3.63, 3.8) is 0 Å². The Morgan fingerprint density at radius 2 is 1.75 bits per heavy atom. The molecule has 1 saturated carbocycles. The number of aromatic nitrogens is 2. The molecule has 1 aliphatic carbocycles. The molecule has 0 spiro atoms. The van der Waals surface area contributed by atoms with Crippen LogP contribution in [0.25, 0.3) is 10.9 Å². The molecule has 170 valence electrons. The maximum absolute atomic E-state index is 13.2. The molecule has 32 heavy (non-hydrogen) atoms. The molecule has 1 heterocycles. The van der Waals surface area contributed by atoms with Gasteiger partial charge in [-0.3, -0.25) is 0 Å². The Balaban J connectivity index is 1.70. The van der Waals surface area contributed by atoms with E-state index in [0.29, 0.717) is 23.1 Å². The summed E-state index contributed by atoms with van der Waals surface area (Å²) < 4.78 is 39.5. The zero-order valence-electron chi connectivity index (χ0n) is 18.5. The standard InChI is InChI=1S/C25H28F3N3O/c1-14-11-19(17-7-9-21(32)10-8-17)13-22-23(14)30-16(3)31-24(22)29-15(2)18-5-4-6-20(12-18)25(26,27)28/h4-6,11-13,15,17,21,32H,7-10H2,1-3H3,(H,29,30,31)/t15-,17?,21?/m1/s1. The Morgan fingerprint density at radius 1 is 1.03 bits per heavy atom. The van der Waals surface area contributed by atoms with Crippen LogP contribution in [-0.2, 0) is 6.18 Å². The van der Waals surface area contributed by atoms with E-state index in [-0.39, 0.29) is 12.1 Å². The minimum absolute atomic E-state index is 0.218. The monoisotopic (exact) mass is 443 g/mol. The van der Waals surface area contributed by atoms with Gasteiger partial charge >= 0.3 is 6.18 Å². The molecule has 1 atom stereocenters. The van der Waals surface area contributed by atoms with Crippen molar-refractivity contribution in [1.82, 2.24) is 9.97 Å². The Hall–Kier alpha value is -2.67. The molecule has 1 fully saturated rings. The summed E-state index contributed by atoms with van der Waals surface area (Å²) in [5.74, 6) is 1.60. The summed E-state index contributed by atoms with van der Waals surface area (Å²) in [6.45, 7) is 5.67. The van der Waals surface area contributed by atoms with Crippen molar-refractivity contribution < 1.29 is 18.3 Å². The fraction of sp³-hybridized carbons (Fsp3) is 0.440. The lowest BCUT2D eigenvalue weighted by atomic mass is 9.82. The highest BCUT2D eigenvalue weighted by molar-refractivity contribution is 5.92. The summed E-state index contributed by atoms with van der Waals surface area (Å²) >= 11 is 0. The number of halogens is 3. The lowest BCUT2D eigenvalue weighted by molar-refractivity contribution is -0.137. The van der Waals surface area contributed by atoms with Crippen molar-refractivity contribution in [2.45, 2.75) is 70.7 Å². The van der Waals surface area contributed by atoms with Crippen LogP contribution >= 0.6 is 0 Å². The van der Waals surface area contributed by atoms with Crippen molar-refractivity contribution >= 4 is 16.7 Å². The minimum atomic E-state index is -4.38. The molecular weight excluding hydrogens is 415 g/mol. The van der Waals surface area contributed by atoms with E-state index in [1.54, 1.807) is 6.07 Å². The number of fused-ring (bicyclic) bond motifs is 1. The Bertz CT molecular complexity index is 1120. The second-order valence-electron chi connectivity index (χ2n) is 8.85. The van der Waals surface area contributed by atoms with Gasteiger partial charge in [0.25, 0.3) is 0 Å². The van der Waals surface area contributed by atoms with E-state index in [1.807, 2.05) is 20.8 Å². The number of benzene rings is 2. The summed E-state index contributed by atoms with van der Waals surface area (Å²) in [6.07, 6.45) is -1.14. The molecule has 1 aromatic heterocycles. The first-order chi connectivity index (χ1) is 15.1. The molecule has 0 amide bonds. The first-order valence-electron chi connectivity index (χ1n) is 11.0. The second-order valence-corrected chi connectivity index (χ2v) is 8.85. The molecule has 3 aromatic rings. The fourth-order valence-electron chi connectivity index (χ4n) is 4.57. The molecule has 2 aromatic carbocycles. The molecular formula is C25H28F3N3O. The highest BCUT2D eigenvalue weighted by Gasteiger charge is 2.31. The van der Waals surface area contributed by atoms with Crippen LogP contribution in [0.5, 0.6) is 0 Å². The predicted molar refractivity (Wildman–Crippen MR) is 120 cm³/mol. The van der Waals surface area contributed by atoms with Gasteiger partial charge in [0.15, 0.2) is 0 Å². The van der Waals surface area contributed by atoms with Gasteiger partial charge in [-0.15, -0.1) is 0 Å². The lowest BCUT2D eigenvalue weighted by Crippen LogP contribution is -2.17. The molecule has 2 N–H and O–H groups in total. The van der Waals surface area contributed by atoms with E-state index >= 15 is 0 Å². The quantitative estimate of drug-likeness (QED) is 0.486. The van der Waals surface area contributed by atoms with Crippen LogP contribution in [0.1, 0.15) is 72.6 Å². The number of nitrogens with zero attached hydrogens (tertiary/aromatic N) is 2. The molecule has 0 radical (unpaired) electrons. The van der Waals surface area contributed by atoms with Gasteiger partial charge in [-0.2, -0.15) is 13.2 Å². The van der Waals surface area contributed by atoms with Crippen LogP contribution in [0.15, 0.2) is 36.4 Å². The zero-order valence-corrected chi connectivity index (χ0v) is 18.5. The molecule has 0 unspecified atom stereocenters. The Kier molecular flexibility index (Phi) is 6.12. The number of hydrogen-bond donors (Lipinski definition) is 2. The van der Waals surface area contributed by atoms with Crippen molar-refractivity contribution in [2.24, 2.45) is 0 Å². The van der Waals surface area contributed by atoms with Crippen LogP contribution in [-0.4, -0.2) is 21.2 Å². The maximum Gasteiger partial charge on any atom is 0.416 e. The number of alkyl halides is 3. The molecule has 4 rings (SSSR count). The SMILES string of the molecule is Cc1nc(N[C@H](C)c2cccc(C(F)(F)F)c2)c2cc(C3CCC(O)CC3)cc(C)c2n1. The van der Waals surface area contributed by atoms with E-state index in [2.05, 4.69) is 27.4 Å². The number of nitrogens with one attached hydrogen (secondary N) is 1. The highest BCUT2D eigenvalue weighted by Crippen LogP contribution is 2.37. The summed E-state index contributed by atoms with van der Waals surface area (Å²) in [4.78, 5) is 9.21. The van der Waals surface area contributed by atoms with Crippen molar-refractivity contribution in [3.8, 4) is 0 Å². The average Bonchev–Trinajstić information content (AvgIpc) is 2.74. The summed E-state index contributed by atoms with van der Waals surface area (Å²) in [6, 6.07) is 9.27. The minimum Gasteiger partial charge on any atom is -0.393 e. The van der Waals surface area contributed by atoms with Crippen LogP contribution in [0.2, 0.25) is 0 Å². The summed E-state index contributed by atoms with van der Waals surface area (Å²) in [7, 11) is 0. The average molecular weight is 444 g/mol. The number of aryl methyl sites for hydroxylation is 2. The van der Waals surface area contributed by atoms with Gasteiger partial charge in [0.2, 0.25) is 0 Å². The largest absolute Gasteiger partial charge is 0.416 e. The van der Waals surface area contributed by atoms with E-state index in [1.165, 1.54) is 17.7 Å². The normalized spacial score (nSPS) is 20.3. The molecule has 7 heteroatoms. The van der Waals surface area contributed by atoms with Gasteiger partial charge in [0, 0.05) is 11.4 Å². The van der Waals surface area contributed by atoms with Crippen LogP contribution in [0, 0.1) is 13.8 Å². The number of aliphatic hydroxyl groups is 1. The number of anilines is 1. The molecule has 1 aliphatic rings. The van der Waals surface area contributed by atoms with Gasteiger partial charge in [-0.25, -0.2) is 9.97 Å². The third-order valence-corrected chi connectivity index (χ3v) is 6.36. The van der Waals surface area contributed by atoms with Gasteiger partial charge < -0.3 is 10.4 Å². The zero-order chi connectivity index (χ0) is 23.0. The van der Waals surface area contributed by atoms with Crippen molar-refractivity contribution in [2.75, 3.05) is 5.32 Å². The van der Waals surface area contributed by atoms with Crippen LogP contribution in [0.3, 0.4) is 0 Å². The smallest absolute Gasteiger partial charge is 0.393 e. The lowest BCUT2D eigenvalue weighted by Gasteiger charge is -2.26. The maximum atomic E-state index is 13.2. The number of hydrogen-bond acceptors (Lipinski definition) is 4. The van der Waals surface area contributed by atoms with Gasteiger partial charge in [0.1, 0.15) is 11.6 Å². The first-order valence-corrected chi connectivity index (χ1v) is 11.0. The van der Waals surface area contributed by atoms with Gasteiger partial charge in [0.05, 0.1) is 17.2 Å². The molecule has 0 saturated heterocycles. The van der Waals surface area contributed by atoms with Gasteiger partial charge in [-0.05, 0) is 87.3 Å². The fourth-order valence-corrected chi connectivity index (χ4v) is 4.57. The summed E-state index contributed by atoms with van der Waals surface area (Å²) in [5, 5.41) is 14.0. The second kappa shape index (κ2) is 8.70. The third kappa shape index (κ3) is 4.72. The van der Waals surface area contributed by atoms with E-state index in [4.69, 9.17) is 0 Å². The molecule has 0 aliphatic heterocycles. The molecule has 4 nitrogen and oxygen atoms in total. The van der Waals surface area contributed by atoms with Crippen molar-refractivity contribution in [3.05, 3.63) is 64.5 Å². The molecule has 0 bridgehead atoms. The number of rotatable bonds is 4. The van der Waals surface area contributed by atoms with Crippen molar-refractivity contribution in [1.29, 1.82) is 0 Å². The van der Waals surface area contributed by atoms with Crippen LogP contribution in [0.4, 0.5) is 19.0 Å². The summed E-state index contributed by atoms with van der Waals surface area (Å²) in [5.41, 5.74) is 2.97. The van der Waals surface area contributed by atoms with E-state index in [0.717, 1.165) is 48.2 Å². The first kappa shape index (κ1) is 22.5. The van der Waals surface area contributed by atoms with Crippen LogP contribution < -0.4 is 5.32 Å². The highest BCUT2D eigenvalue weighted by atomic mass is 19.4. The Morgan fingerprint density at radius 3 is 2.44 bits per heavy atom. The van der Waals surface area contributed by atoms with Gasteiger partial charge in [-0.1, -0.05) is 18.2 Å².